The van der Waals surface area contributed by atoms with Gasteiger partial charge in [0.05, 0.1) is 39.9 Å². The predicted molar refractivity (Wildman–Crippen MR) is 387 cm³/mol. The molecule has 0 aliphatic rings. The van der Waals surface area contributed by atoms with E-state index in [1.54, 1.807) is 6.08 Å². The van der Waals surface area contributed by atoms with Gasteiger partial charge in [-0.3, -0.25) is 13.8 Å². The summed E-state index contributed by atoms with van der Waals surface area (Å²) in [5, 5.41) is 14.0. The molecule has 8 nitrogen and oxygen atoms in total. The molecule has 1 amide bonds. The summed E-state index contributed by atoms with van der Waals surface area (Å²) in [5.41, 5.74) is 0. The van der Waals surface area contributed by atoms with Crippen LogP contribution in [-0.4, -0.2) is 73.4 Å². The summed E-state index contributed by atoms with van der Waals surface area (Å²) in [7, 11) is 1.55. The van der Waals surface area contributed by atoms with Crippen molar-refractivity contribution in [3.8, 4) is 0 Å². The number of hydrogen-bond donors (Lipinski definition) is 3. The van der Waals surface area contributed by atoms with Gasteiger partial charge in [0, 0.05) is 6.42 Å². The molecule has 9 heteroatoms. The quantitative estimate of drug-likeness (QED) is 0.0243. The molecule has 0 aromatic carbocycles. The number of carbonyl (C=O) groups excluding carboxylic acids is 1. The minimum Gasteiger partial charge on any atom is -0.387 e. The minimum absolute atomic E-state index is 0.0514. The fourth-order valence-corrected chi connectivity index (χ4v) is 11.5. The number of allylic oxidation sites excluding steroid dienone is 17. The van der Waals surface area contributed by atoms with Gasteiger partial charge >= 0.3 is 7.82 Å². The zero-order chi connectivity index (χ0) is 64.1. The topological polar surface area (TPSA) is 105 Å². The Hall–Kier alpha value is -2.84. The Kier molecular flexibility index (Phi) is 66.3. The molecular weight excluding hydrogens is 1100 g/mol. The lowest BCUT2D eigenvalue weighted by molar-refractivity contribution is -0.870. The molecule has 0 spiro atoms. The molecular formula is C79H144N2O6P+. The van der Waals surface area contributed by atoms with Crippen LogP contribution in [0.25, 0.3) is 0 Å². The van der Waals surface area contributed by atoms with Crippen LogP contribution in [0.15, 0.2) is 109 Å². The van der Waals surface area contributed by atoms with E-state index in [9.17, 15) is 19.4 Å². The van der Waals surface area contributed by atoms with E-state index in [4.69, 9.17) is 9.05 Å². The number of phosphoric acid groups is 1. The molecule has 0 rings (SSSR count). The third kappa shape index (κ3) is 70.6. The van der Waals surface area contributed by atoms with Crippen molar-refractivity contribution in [2.45, 2.75) is 347 Å². The second kappa shape index (κ2) is 68.5. The highest BCUT2D eigenvalue weighted by Gasteiger charge is 2.28. The Bertz CT molecular complexity index is 1810. The minimum atomic E-state index is -4.37. The average Bonchev–Trinajstić information content (AvgIpc) is 3.70. The average molecular weight is 1250 g/mol. The van der Waals surface area contributed by atoms with E-state index in [2.05, 4.69) is 116 Å². The fraction of sp³-hybridized carbons (Fsp3) is 0.759. The fourth-order valence-electron chi connectivity index (χ4n) is 10.7. The maximum atomic E-state index is 13.1. The monoisotopic (exact) mass is 1250 g/mol. The van der Waals surface area contributed by atoms with Gasteiger partial charge in [-0.05, 0) is 96.3 Å². The van der Waals surface area contributed by atoms with Crippen molar-refractivity contribution in [1.29, 1.82) is 0 Å². The van der Waals surface area contributed by atoms with Crippen LogP contribution < -0.4 is 5.32 Å². The van der Waals surface area contributed by atoms with E-state index in [0.717, 1.165) is 83.5 Å². The number of rotatable bonds is 68. The second-order valence-electron chi connectivity index (χ2n) is 26.3. The Labute approximate surface area is 546 Å². The number of aliphatic hydroxyl groups excluding tert-OH is 1. The van der Waals surface area contributed by atoms with E-state index >= 15 is 0 Å². The van der Waals surface area contributed by atoms with E-state index in [1.807, 2.05) is 27.2 Å². The molecule has 0 fully saturated rings. The molecule has 3 N–H and O–H groups in total. The maximum Gasteiger partial charge on any atom is 0.472 e. The SMILES string of the molecule is CC/C=C\C/C=C\C/C=C\C/C=C\C/C=C\C/C=C\CCCCCCCCCCCCCCCCCCCCCCC(=O)NC(COP(=O)(O)OCC[N+](C)(C)C)C(O)/C=C/CC/C=C/CC/C=C/CCCCCCCCCCCCCCCCCCC. The second-order valence-corrected chi connectivity index (χ2v) is 27.7. The van der Waals surface area contributed by atoms with Crippen molar-refractivity contribution >= 4 is 13.7 Å². The van der Waals surface area contributed by atoms with Gasteiger partial charge in [0.1, 0.15) is 13.2 Å². The summed E-state index contributed by atoms with van der Waals surface area (Å²) in [5.74, 6) is -0.188. The predicted octanol–water partition coefficient (Wildman–Crippen LogP) is 24.2. The number of quaternary nitrogens is 1. The van der Waals surface area contributed by atoms with E-state index in [0.29, 0.717) is 17.4 Å². The molecule has 3 unspecified atom stereocenters. The van der Waals surface area contributed by atoms with Gasteiger partial charge in [-0.15, -0.1) is 0 Å². The van der Waals surface area contributed by atoms with Crippen molar-refractivity contribution in [3.63, 3.8) is 0 Å². The smallest absolute Gasteiger partial charge is 0.387 e. The van der Waals surface area contributed by atoms with Crippen LogP contribution in [-0.2, 0) is 18.4 Å². The number of nitrogens with one attached hydrogen (secondary N) is 1. The van der Waals surface area contributed by atoms with E-state index in [-0.39, 0.29) is 19.1 Å². The molecule has 3 atom stereocenters. The molecule has 0 aliphatic heterocycles. The van der Waals surface area contributed by atoms with E-state index < -0.39 is 20.0 Å². The lowest BCUT2D eigenvalue weighted by Gasteiger charge is -2.25. The van der Waals surface area contributed by atoms with Crippen molar-refractivity contribution in [1.82, 2.24) is 5.32 Å². The van der Waals surface area contributed by atoms with Gasteiger partial charge < -0.3 is 19.8 Å². The van der Waals surface area contributed by atoms with Crippen LogP contribution >= 0.6 is 7.82 Å². The number of carbonyl (C=O) groups is 1. The molecule has 0 heterocycles. The molecule has 0 aliphatic carbocycles. The van der Waals surface area contributed by atoms with Crippen molar-refractivity contribution in [2.75, 3.05) is 40.9 Å². The highest BCUT2D eigenvalue weighted by molar-refractivity contribution is 7.47. The Morgan fingerprint density at radius 1 is 0.398 bits per heavy atom. The van der Waals surface area contributed by atoms with Crippen LogP contribution in [0.3, 0.4) is 0 Å². The van der Waals surface area contributed by atoms with Gasteiger partial charge in [0.2, 0.25) is 5.91 Å². The number of aliphatic hydroxyl groups is 1. The first-order valence-electron chi connectivity index (χ1n) is 37.3. The molecule has 0 saturated heterocycles. The Balaban J connectivity index is 4.05. The number of unbranched alkanes of at least 4 members (excludes halogenated alkanes) is 39. The summed E-state index contributed by atoms with van der Waals surface area (Å²) in [6.45, 7) is 4.70. The lowest BCUT2D eigenvalue weighted by Crippen LogP contribution is -2.45. The van der Waals surface area contributed by atoms with Crippen LogP contribution in [0.4, 0.5) is 0 Å². The number of nitrogens with zero attached hydrogens (tertiary/aromatic N) is 1. The van der Waals surface area contributed by atoms with Gasteiger partial charge in [-0.25, -0.2) is 4.57 Å². The van der Waals surface area contributed by atoms with Crippen LogP contribution in [0.1, 0.15) is 335 Å². The van der Waals surface area contributed by atoms with Gasteiger partial charge in [-0.2, -0.15) is 0 Å². The summed E-state index contributed by atoms with van der Waals surface area (Å²) in [6.07, 6.45) is 101. The zero-order valence-electron chi connectivity index (χ0n) is 58.4. The first-order chi connectivity index (χ1) is 43.0. The largest absolute Gasteiger partial charge is 0.472 e. The van der Waals surface area contributed by atoms with Gasteiger partial charge in [0.25, 0.3) is 0 Å². The van der Waals surface area contributed by atoms with Crippen LogP contribution in [0, 0.1) is 0 Å². The van der Waals surface area contributed by atoms with Crippen LogP contribution in [0.2, 0.25) is 0 Å². The van der Waals surface area contributed by atoms with Gasteiger partial charge in [0.15, 0.2) is 0 Å². The molecule has 0 bridgehead atoms. The standard InChI is InChI=1S/C79H143N2O6P/c1-6-8-10-12-14-16-18-20-22-24-26-28-30-32-34-35-36-37-38-39-40-41-42-43-44-45-47-49-51-53-55-57-59-61-63-65-67-69-71-73-79(83)80-77(76-87-88(84,85)86-75-74-81(3,4)5)78(82)72-70-68-66-64-62-60-58-56-54-52-50-48-46-33-31-29-27-25-23-21-19-17-15-13-11-9-7-2/h8,10,14,16,20,22,26,28,32,34,36-37,54,56,62,64,70,72,77-78,82H,6-7,9,11-13,15,17-19,21,23-25,27,29-31,33,35,38-53,55,57-61,63,65-69,71,73-76H2,1-5H3,(H-,80,83,84,85)/p+1/b10-8-,16-14-,22-20-,28-26-,34-32-,37-36-,56-54+,64-62+,72-70+. The molecule has 0 aromatic rings. The first-order valence-corrected chi connectivity index (χ1v) is 38.8. The Morgan fingerprint density at radius 3 is 1.05 bits per heavy atom. The number of likely N-dealkylation sites (N-methyl/N-ethyl adjacent to an activating group) is 1. The summed E-state index contributed by atoms with van der Waals surface area (Å²) < 4.78 is 23.8. The third-order valence-electron chi connectivity index (χ3n) is 16.5. The number of phosphoric ester groups is 1. The van der Waals surface area contributed by atoms with Crippen LogP contribution in [0.5, 0.6) is 0 Å². The summed E-state index contributed by atoms with van der Waals surface area (Å²) in [6, 6.07) is -0.876. The lowest BCUT2D eigenvalue weighted by atomic mass is 10.0. The highest BCUT2D eigenvalue weighted by atomic mass is 31.2. The molecule has 0 radical (unpaired) electrons. The Morgan fingerprint density at radius 2 is 0.693 bits per heavy atom. The number of amides is 1. The molecule has 510 valence electrons. The van der Waals surface area contributed by atoms with E-state index in [1.165, 1.54) is 231 Å². The number of hydrogen-bond acceptors (Lipinski definition) is 5. The summed E-state index contributed by atoms with van der Waals surface area (Å²) >= 11 is 0. The van der Waals surface area contributed by atoms with Crippen molar-refractivity contribution in [3.05, 3.63) is 109 Å². The third-order valence-corrected chi connectivity index (χ3v) is 17.4. The highest BCUT2D eigenvalue weighted by Crippen LogP contribution is 2.43. The normalized spacial score (nSPS) is 14.2. The molecule has 88 heavy (non-hydrogen) atoms. The molecule has 0 aromatic heterocycles. The van der Waals surface area contributed by atoms with Gasteiger partial charge in [-0.1, -0.05) is 342 Å². The van der Waals surface area contributed by atoms with Crippen molar-refractivity contribution in [2.24, 2.45) is 0 Å². The molecule has 0 saturated carbocycles. The van der Waals surface area contributed by atoms with Crippen molar-refractivity contribution < 1.29 is 32.9 Å². The first kappa shape index (κ1) is 85.2. The summed E-state index contributed by atoms with van der Waals surface area (Å²) in [4.78, 5) is 23.4. The zero-order valence-corrected chi connectivity index (χ0v) is 59.3. The maximum absolute atomic E-state index is 13.1.